The highest BCUT2D eigenvalue weighted by atomic mass is 32.2. The second kappa shape index (κ2) is 11.9. The van der Waals surface area contributed by atoms with Crippen LogP contribution >= 0.6 is 11.8 Å². The van der Waals surface area contributed by atoms with Gasteiger partial charge in [-0.25, -0.2) is 9.18 Å². The highest BCUT2D eigenvalue weighted by Gasteiger charge is 2.70. The van der Waals surface area contributed by atoms with Gasteiger partial charge in [0.2, 0.25) is 5.12 Å². The van der Waals surface area contributed by atoms with Crippen molar-refractivity contribution in [2.24, 2.45) is 35.6 Å². The molecule has 12 heteroatoms. The van der Waals surface area contributed by atoms with Gasteiger partial charge in [0.25, 0.3) is 0 Å². The Hall–Kier alpha value is -3.19. The number of aliphatic hydroxyl groups is 2. The maximum Gasteiger partial charge on any atom is 0.361 e. The number of nitrogens with zero attached hydrogens (tertiary/aromatic N) is 3. The Morgan fingerprint density at radius 1 is 1.27 bits per heavy atom. The number of hydrogen-bond acceptors (Lipinski definition) is 9. The standard InChI is InChI=1S/C33H40FN5O5S/c1-31-15-19(17-35)25(36-22-7-5-21(34)6-8-22)14-20(31)4-9-23-24-10-11-33(30(43)45-13-12-40,32(24,2)16-27(41)28(23)31)44-29(42)26-18-39(3)38-37-26/h5-8,14,17-18,23-24,27-28,35-36,40-41H,4,9-13,15-16H2,1-3H3/p+1/t23-,24?,27-,28?,31-,32-,33-/m0/s1. The molecule has 3 saturated carbocycles. The van der Waals surface area contributed by atoms with Gasteiger partial charge in [0.05, 0.1) is 18.9 Å². The zero-order valence-corrected chi connectivity index (χ0v) is 26.6. The number of hydrogen-bond donors (Lipinski definition) is 4. The first-order chi connectivity index (χ1) is 21.5. The van der Waals surface area contributed by atoms with Crippen molar-refractivity contribution in [2.45, 2.75) is 64.1 Å². The zero-order valence-electron chi connectivity index (χ0n) is 25.8. The van der Waals surface area contributed by atoms with Gasteiger partial charge in [0, 0.05) is 42.1 Å². The molecule has 4 aliphatic rings. The van der Waals surface area contributed by atoms with E-state index < -0.39 is 28.5 Å². The first kappa shape index (κ1) is 31.8. The van der Waals surface area contributed by atoms with Crippen LogP contribution in [0.15, 0.2) is 53.4 Å². The molecular weight excluding hydrogens is 597 g/mol. The minimum atomic E-state index is -1.49. The van der Waals surface area contributed by atoms with Gasteiger partial charge in [0.1, 0.15) is 17.2 Å². The van der Waals surface area contributed by atoms with Crippen LogP contribution in [0.4, 0.5) is 10.1 Å². The maximum atomic E-state index is 14.0. The van der Waals surface area contributed by atoms with E-state index in [1.165, 1.54) is 34.8 Å². The molecule has 6 rings (SSSR count). The van der Waals surface area contributed by atoms with Crippen LogP contribution in [0.1, 0.15) is 62.9 Å². The molecule has 0 amide bonds. The van der Waals surface area contributed by atoms with Crippen molar-refractivity contribution in [1.29, 1.82) is 5.41 Å². The van der Waals surface area contributed by atoms with Crippen LogP contribution in [0.25, 0.3) is 0 Å². The SMILES string of the molecule is Cn1cc(C(=O)O[C@]2(C(=O)SCCO)CCC3[C@@H]4CCC5=CC([NH2+]c6ccc(F)cc6)=C(C=N)C[C@]5(C)C4[C@@H](O)C[C@@]32C)nn1. The fraction of sp³-hybridized carbons (Fsp3) is 0.545. The molecule has 1 heterocycles. The summed E-state index contributed by atoms with van der Waals surface area (Å²) in [4.78, 5) is 27.4. The number of esters is 1. The number of nitrogens with two attached hydrogens (primary N) is 1. The van der Waals surface area contributed by atoms with Crippen LogP contribution in [0.3, 0.4) is 0 Å². The number of nitrogens with one attached hydrogen (secondary N) is 1. The van der Waals surface area contributed by atoms with Crippen molar-refractivity contribution in [3.63, 3.8) is 0 Å². The number of aromatic nitrogens is 3. The Morgan fingerprint density at radius 2 is 2.02 bits per heavy atom. The third-order valence-corrected chi connectivity index (χ3v) is 12.1. The van der Waals surface area contributed by atoms with Crippen molar-refractivity contribution in [3.8, 4) is 0 Å². The lowest BCUT2D eigenvalue weighted by molar-refractivity contribution is -0.513. The third kappa shape index (κ3) is 5.19. The molecule has 0 bridgehead atoms. The average Bonchev–Trinajstić information content (AvgIpc) is 3.57. The molecule has 0 aliphatic heterocycles. The number of allylic oxidation sites excluding steroid dienone is 3. The summed E-state index contributed by atoms with van der Waals surface area (Å²) in [6.07, 6.45) is 7.71. The van der Waals surface area contributed by atoms with Gasteiger partial charge in [-0.05, 0) is 79.9 Å². The minimum Gasteiger partial charge on any atom is -0.445 e. The Morgan fingerprint density at radius 3 is 2.69 bits per heavy atom. The van der Waals surface area contributed by atoms with Crippen LogP contribution in [-0.2, 0) is 16.6 Å². The Labute approximate surface area is 266 Å². The van der Waals surface area contributed by atoms with Crippen molar-refractivity contribution in [3.05, 3.63) is 64.9 Å². The van der Waals surface area contributed by atoms with Crippen LogP contribution in [0.2, 0.25) is 0 Å². The number of fused-ring (bicyclic) bond motifs is 5. The van der Waals surface area contributed by atoms with Crippen LogP contribution in [0.5, 0.6) is 0 Å². The molecule has 2 unspecified atom stereocenters. The van der Waals surface area contributed by atoms with Gasteiger partial charge >= 0.3 is 5.97 Å². The van der Waals surface area contributed by atoms with Gasteiger partial charge < -0.3 is 20.4 Å². The first-order valence-electron chi connectivity index (χ1n) is 15.6. The summed E-state index contributed by atoms with van der Waals surface area (Å²) in [6.45, 7) is 3.99. The summed E-state index contributed by atoms with van der Waals surface area (Å²) in [5.74, 6) is -0.864. The summed E-state index contributed by atoms with van der Waals surface area (Å²) in [6, 6.07) is 6.30. The second-order valence-corrected chi connectivity index (χ2v) is 14.6. The Balaban J connectivity index is 1.32. The lowest BCUT2D eigenvalue weighted by Gasteiger charge is -2.60. The summed E-state index contributed by atoms with van der Waals surface area (Å²) in [5, 5.41) is 39.3. The predicted molar refractivity (Wildman–Crippen MR) is 166 cm³/mol. The molecule has 10 nitrogen and oxygen atoms in total. The minimum absolute atomic E-state index is 0.0113. The van der Waals surface area contributed by atoms with E-state index in [0.717, 1.165) is 41.6 Å². The average molecular weight is 639 g/mol. The molecular formula is C33H41FN5O5S+. The van der Waals surface area contributed by atoms with E-state index in [-0.39, 0.29) is 53.2 Å². The highest BCUT2D eigenvalue weighted by molar-refractivity contribution is 8.13. The number of aryl methyl sites for hydroxylation is 1. The molecule has 1 aromatic heterocycles. The van der Waals surface area contributed by atoms with E-state index >= 15 is 0 Å². The van der Waals surface area contributed by atoms with E-state index in [4.69, 9.17) is 10.1 Å². The summed E-state index contributed by atoms with van der Waals surface area (Å²) < 4.78 is 21.1. The molecule has 7 atom stereocenters. The van der Waals surface area contributed by atoms with Crippen molar-refractivity contribution >= 4 is 34.7 Å². The number of benzene rings is 1. The molecule has 0 saturated heterocycles. The highest BCUT2D eigenvalue weighted by Crippen LogP contribution is 2.69. The summed E-state index contributed by atoms with van der Waals surface area (Å²) in [5.41, 5.74) is 1.18. The van der Waals surface area contributed by atoms with Crippen molar-refractivity contribution < 1.29 is 34.2 Å². The van der Waals surface area contributed by atoms with Crippen LogP contribution < -0.4 is 5.32 Å². The normalized spacial score (nSPS) is 34.0. The molecule has 2 aromatic rings. The number of halogens is 1. The van der Waals surface area contributed by atoms with Gasteiger partial charge in [-0.3, -0.25) is 14.8 Å². The fourth-order valence-corrected chi connectivity index (χ4v) is 10.1. The predicted octanol–water partition coefficient (Wildman–Crippen LogP) is 3.44. The summed E-state index contributed by atoms with van der Waals surface area (Å²) >= 11 is 0.969. The maximum absolute atomic E-state index is 14.0. The molecule has 1 aromatic carbocycles. The lowest BCUT2D eigenvalue weighted by Crippen LogP contribution is -2.76. The third-order valence-electron chi connectivity index (χ3n) is 11.1. The van der Waals surface area contributed by atoms with E-state index in [2.05, 4.69) is 23.3 Å². The van der Waals surface area contributed by atoms with E-state index in [1.807, 2.05) is 12.2 Å². The number of rotatable bonds is 8. The molecule has 240 valence electrons. The number of carbonyl (C=O) groups excluding carboxylic acids is 2. The van der Waals surface area contributed by atoms with E-state index in [1.54, 1.807) is 19.2 Å². The first-order valence-corrected chi connectivity index (χ1v) is 16.5. The van der Waals surface area contributed by atoms with Gasteiger partial charge in [-0.15, -0.1) is 5.10 Å². The van der Waals surface area contributed by atoms with E-state index in [0.29, 0.717) is 19.3 Å². The van der Waals surface area contributed by atoms with Crippen molar-refractivity contribution in [1.82, 2.24) is 15.0 Å². The number of thioether (sulfide) groups is 1. The van der Waals surface area contributed by atoms with Gasteiger partial charge in [0.15, 0.2) is 11.3 Å². The van der Waals surface area contributed by atoms with Crippen molar-refractivity contribution in [2.75, 3.05) is 12.4 Å². The van der Waals surface area contributed by atoms with Crippen LogP contribution in [-0.4, -0.2) is 66.6 Å². The number of carbonyl (C=O) groups is 2. The smallest absolute Gasteiger partial charge is 0.361 e. The lowest BCUT2D eigenvalue weighted by atomic mass is 9.45. The number of ether oxygens (including phenoxy) is 1. The van der Waals surface area contributed by atoms with Gasteiger partial charge in [-0.2, -0.15) is 0 Å². The van der Waals surface area contributed by atoms with E-state index in [9.17, 15) is 24.2 Å². The Kier molecular flexibility index (Phi) is 8.38. The quantitative estimate of drug-likeness (QED) is 0.195. The fourth-order valence-electron chi connectivity index (χ4n) is 9.17. The topological polar surface area (TPSA) is 155 Å². The number of quaternary nitrogens is 1. The monoisotopic (exact) mass is 638 g/mol. The van der Waals surface area contributed by atoms with Crippen LogP contribution in [0, 0.1) is 39.8 Å². The summed E-state index contributed by atoms with van der Waals surface area (Å²) in [7, 11) is 1.65. The molecule has 4 aliphatic carbocycles. The Bertz CT molecular complexity index is 1580. The second-order valence-electron chi connectivity index (χ2n) is 13.5. The molecule has 45 heavy (non-hydrogen) atoms. The van der Waals surface area contributed by atoms with Gasteiger partial charge in [-0.1, -0.05) is 36.4 Å². The molecule has 0 radical (unpaired) electrons. The molecule has 0 spiro atoms. The molecule has 5 N–H and O–H groups in total. The molecule has 3 fully saturated rings. The number of aliphatic hydroxyl groups excluding tert-OH is 2. The zero-order chi connectivity index (χ0) is 32.1. The largest absolute Gasteiger partial charge is 0.445 e.